The Morgan fingerprint density at radius 3 is 2.32 bits per heavy atom. The smallest absolute Gasteiger partial charge is 0.155 e. The zero-order chi connectivity index (χ0) is 23.7. The second kappa shape index (κ2) is 10.7. The van der Waals surface area contributed by atoms with Crippen molar-refractivity contribution in [1.29, 1.82) is 0 Å². The summed E-state index contributed by atoms with van der Waals surface area (Å²) in [5.41, 5.74) is 10.8. The van der Waals surface area contributed by atoms with Crippen LogP contribution >= 0.6 is 0 Å². The van der Waals surface area contributed by atoms with Crippen molar-refractivity contribution in [2.45, 2.75) is 60.3 Å². The number of furan rings is 1. The zero-order valence-corrected chi connectivity index (χ0v) is 22.7. The predicted octanol–water partition coefficient (Wildman–Crippen LogP) is 7.29. The molecule has 5 heteroatoms. The van der Waals surface area contributed by atoms with E-state index < -0.39 is 0 Å². The number of aromatic nitrogens is 1. The molecule has 1 aliphatic rings. The number of aliphatic hydroxyl groups is 1. The van der Waals surface area contributed by atoms with E-state index in [2.05, 4.69) is 44.0 Å². The molecule has 2 aromatic heterocycles. The van der Waals surface area contributed by atoms with E-state index in [-0.39, 0.29) is 31.6 Å². The van der Waals surface area contributed by atoms with E-state index in [1.54, 1.807) is 5.56 Å². The molecule has 0 saturated carbocycles. The molecule has 34 heavy (non-hydrogen) atoms. The summed E-state index contributed by atoms with van der Waals surface area (Å²) >= 11 is 0. The zero-order valence-electron chi connectivity index (χ0n) is 20.3. The minimum atomic E-state index is -0.125. The molecular formula is C29H30IrNO3-. The van der Waals surface area contributed by atoms with Crippen molar-refractivity contribution in [3.8, 4) is 11.3 Å². The molecule has 0 amide bonds. The van der Waals surface area contributed by atoms with Crippen molar-refractivity contribution in [1.82, 2.24) is 4.98 Å². The number of fused-ring (bicyclic) bond motifs is 4. The number of nitrogens with zero attached hydrogens (tertiary/aromatic N) is 1. The van der Waals surface area contributed by atoms with E-state index in [0.717, 1.165) is 22.4 Å². The molecule has 0 unspecified atom stereocenters. The number of aliphatic hydroxyl groups excluding tert-OH is 1. The number of pyridine rings is 1. The molecule has 1 N–H and O–H groups in total. The first-order valence-corrected chi connectivity index (χ1v) is 11.5. The molecule has 179 valence electrons. The largest absolute Gasteiger partial charge is 0.512 e. The van der Waals surface area contributed by atoms with Crippen LogP contribution in [0.2, 0.25) is 0 Å². The van der Waals surface area contributed by atoms with Gasteiger partial charge in [0, 0.05) is 48.8 Å². The monoisotopic (exact) mass is 633 g/mol. The van der Waals surface area contributed by atoms with E-state index in [1.165, 1.54) is 78.6 Å². The molecule has 2 heterocycles. The Kier molecular flexibility index (Phi) is 8.12. The Hall–Kier alpha value is -2.75. The minimum absolute atomic E-state index is 0. The molecule has 0 aliphatic heterocycles. The maximum Gasteiger partial charge on any atom is 0.155 e. The van der Waals surface area contributed by atoms with Crippen LogP contribution in [0.15, 0.2) is 46.7 Å². The molecule has 4 nitrogen and oxygen atoms in total. The van der Waals surface area contributed by atoms with Gasteiger partial charge >= 0.3 is 0 Å². The minimum Gasteiger partial charge on any atom is -0.512 e. The summed E-state index contributed by atoms with van der Waals surface area (Å²) in [6.07, 6.45) is 8.00. The number of allylic oxidation sites excluding steroid dienone is 2. The van der Waals surface area contributed by atoms with E-state index in [9.17, 15) is 4.79 Å². The van der Waals surface area contributed by atoms with Crippen LogP contribution in [-0.2, 0) is 37.7 Å². The van der Waals surface area contributed by atoms with Crippen molar-refractivity contribution in [2.24, 2.45) is 0 Å². The van der Waals surface area contributed by atoms with Gasteiger partial charge in [-0.05, 0) is 81.7 Å². The number of benzene rings is 2. The van der Waals surface area contributed by atoms with Gasteiger partial charge in [0.2, 0.25) is 0 Å². The third-order valence-electron chi connectivity index (χ3n) is 6.41. The average Bonchev–Trinajstić information content (AvgIpc) is 3.18. The Bertz CT molecular complexity index is 1390. The Morgan fingerprint density at radius 2 is 1.74 bits per heavy atom. The topological polar surface area (TPSA) is 63.3 Å². The third kappa shape index (κ3) is 4.87. The number of aryl methyl sites for hydroxylation is 3. The van der Waals surface area contributed by atoms with Gasteiger partial charge in [-0.2, -0.15) is 0 Å². The summed E-state index contributed by atoms with van der Waals surface area (Å²) in [5, 5.41) is 10.8. The predicted molar refractivity (Wildman–Crippen MR) is 134 cm³/mol. The number of hydrogen-bond acceptors (Lipinski definition) is 4. The number of hydrogen-bond donors (Lipinski definition) is 1. The van der Waals surface area contributed by atoms with Crippen molar-refractivity contribution in [3.63, 3.8) is 0 Å². The van der Waals surface area contributed by atoms with E-state index in [4.69, 9.17) is 9.52 Å². The van der Waals surface area contributed by atoms with Crippen molar-refractivity contribution < 1.29 is 34.4 Å². The van der Waals surface area contributed by atoms with Crippen molar-refractivity contribution in [3.05, 3.63) is 76.2 Å². The fourth-order valence-electron chi connectivity index (χ4n) is 4.93. The first-order chi connectivity index (χ1) is 15.8. The van der Waals surface area contributed by atoms with Crippen LogP contribution in [0.4, 0.5) is 0 Å². The summed E-state index contributed by atoms with van der Waals surface area (Å²) in [7, 11) is 0. The van der Waals surface area contributed by atoms with Gasteiger partial charge < -0.3 is 14.5 Å². The van der Waals surface area contributed by atoms with Gasteiger partial charge in [0.05, 0.1) is 5.76 Å². The summed E-state index contributed by atoms with van der Waals surface area (Å²) < 4.78 is 6.49. The first-order valence-electron chi connectivity index (χ1n) is 11.5. The molecule has 2 aromatic carbocycles. The fourth-order valence-corrected chi connectivity index (χ4v) is 4.93. The van der Waals surface area contributed by atoms with Crippen LogP contribution in [0.5, 0.6) is 0 Å². The number of carbonyl (C=O) groups excluding carboxylic acids is 1. The van der Waals surface area contributed by atoms with Crippen LogP contribution in [0.3, 0.4) is 0 Å². The Morgan fingerprint density at radius 1 is 1.06 bits per heavy atom. The molecule has 1 radical (unpaired) electrons. The number of carbonyl (C=O) groups is 1. The van der Waals surface area contributed by atoms with Gasteiger partial charge in [0.25, 0.3) is 0 Å². The van der Waals surface area contributed by atoms with E-state index in [1.807, 2.05) is 18.3 Å². The van der Waals surface area contributed by atoms with Crippen LogP contribution in [0.1, 0.15) is 54.5 Å². The van der Waals surface area contributed by atoms with Crippen molar-refractivity contribution >= 4 is 27.7 Å². The van der Waals surface area contributed by atoms with E-state index in [0.29, 0.717) is 0 Å². The number of rotatable bonds is 2. The Balaban J connectivity index is 0.000000357. The standard InChI is InChI=1S/C24H22NO.C5H8O2.Ir/c1-14-8-4-5-9-17(14)22-24-20(12-13-25-22)21-15(2)18-10-6-7-11-19(18)16(3)23(21)26-24;1-4(6)3-5(2)7;/h4-5,8,12-13H,6-7,10-11H2,1-3H3;3,6H,1-2H3;/q-1;;/b;4-3-;. The SMILES string of the molecule is CC(=O)/C=C(/C)O.Cc1ccc[c-]c1-c1nccc2c1oc1c(C)c3c(c(C)c12)CCCC3.[Ir]. The second-order valence-electron chi connectivity index (χ2n) is 8.88. The molecule has 0 bridgehead atoms. The van der Waals surface area contributed by atoms with Gasteiger partial charge in [-0.15, -0.1) is 35.4 Å². The molecule has 0 fully saturated rings. The van der Waals surface area contributed by atoms with Crippen molar-refractivity contribution in [2.75, 3.05) is 0 Å². The quantitative estimate of drug-likeness (QED) is 0.143. The average molecular weight is 633 g/mol. The van der Waals surface area contributed by atoms with Gasteiger partial charge in [-0.3, -0.25) is 4.79 Å². The van der Waals surface area contributed by atoms with Gasteiger partial charge in [0.1, 0.15) is 11.2 Å². The van der Waals surface area contributed by atoms with Crippen LogP contribution < -0.4 is 0 Å². The van der Waals surface area contributed by atoms with E-state index >= 15 is 0 Å². The van der Waals surface area contributed by atoms with Crippen LogP contribution in [0, 0.1) is 26.8 Å². The molecule has 0 spiro atoms. The summed E-state index contributed by atoms with van der Waals surface area (Å²) in [4.78, 5) is 14.7. The maximum absolute atomic E-state index is 10.0. The van der Waals surface area contributed by atoms with Gasteiger partial charge in [-0.1, -0.05) is 6.92 Å². The molecule has 1 aliphatic carbocycles. The maximum atomic E-state index is 10.0. The van der Waals surface area contributed by atoms with Gasteiger partial charge in [0.15, 0.2) is 5.78 Å². The second-order valence-corrected chi connectivity index (χ2v) is 8.88. The summed E-state index contributed by atoms with van der Waals surface area (Å²) in [5.74, 6) is -0.0625. The normalized spacial score (nSPS) is 13.1. The Labute approximate surface area is 214 Å². The van der Waals surface area contributed by atoms with Crippen LogP contribution in [0.25, 0.3) is 33.2 Å². The van der Waals surface area contributed by atoms with Crippen LogP contribution in [-0.4, -0.2) is 15.9 Å². The molecule has 0 atom stereocenters. The molecule has 4 aromatic rings. The molecule has 0 saturated heterocycles. The number of ketones is 1. The fraction of sp³-hybridized carbons (Fsp3) is 0.310. The molecule has 5 rings (SSSR count). The summed E-state index contributed by atoms with van der Waals surface area (Å²) in [6, 6.07) is 11.5. The van der Waals surface area contributed by atoms with Gasteiger partial charge in [-0.25, -0.2) is 0 Å². The molecular weight excluding hydrogens is 603 g/mol. The third-order valence-corrected chi connectivity index (χ3v) is 6.41. The summed E-state index contributed by atoms with van der Waals surface area (Å²) in [6.45, 7) is 9.44. The first kappa shape index (κ1) is 25.9.